The summed E-state index contributed by atoms with van der Waals surface area (Å²) in [7, 11) is 0. The minimum Gasteiger partial charge on any atom is -0.463 e. The molecule has 92 valence electrons. The van der Waals surface area contributed by atoms with Crippen LogP contribution >= 0.6 is 0 Å². The molecule has 0 saturated heterocycles. The van der Waals surface area contributed by atoms with Gasteiger partial charge < -0.3 is 4.74 Å². The largest absolute Gasteiger partial charge is 0.463 e. The number of esters is 1. The molecule has 0 spiro atoms. The number of ether oxygens (including phenoxy) is 1. The molecule has 0 fully saturated rings. The van der Waals surface area contributed by atoms with Crippen molar-refractivity contribution in [2.24, 2.45) is 0 Å². The second kappa shape index (κ2) is 6.18. The fourth-order valence-electron chi connectivity index (χ4n) is 1.55. The summed E-state index contributed by atoms with van der Waals surface area (Å²) >= 11 is 0. The van der Waals surface area contributed by atoms with Crippen LogP contribution in [0.4, 0.5) is 4.39 Å². The summed E-state index contributed by atoms with van der Waals surface area (Å²) < 4.78 is 17.6. The molecule has 0 N–H and O–H groups in total. The molecule has 0 aromatic heterocycles. The zero-order chi connectivity index (χ0) is 12.8. The maximum atomic E-state index is 12.8. The molecule has 1 aromatic rings. The lowest BCUT2D eigenvalue weighted by atomic mass is 9.99. The Morgan fingerprint density at radius 3 is 2.53 bits per heavy atom. The first kappa shape index (κ1) is 13.4. The molecule has 0 aliphatic carbocycles. The predicted molar refractivity (Wildman–Crippen MR) is 65.2 cm³/mol. The number of halogens is 1. The van der Waals surface area contributed by atoms with Crippen LogP contribution in [0.2, 0.25) is 0 Å². The van der Waals surface area contributed by atoms with Crippen LogP contribution < -0.4 is 0 Å². The Balaban J connectivity index is 2.77. The lowest BCUT2D eigenvalue weighted by Crippen LogP contribution is -2.06. The first-order chi connectivity index (χ1) is 8.04. The molecule has 1 aromatic carbocycles. The third-order valence-corrected chi connectivity index (χ3v) is 2.49. The molecule has 1 unspecified atom stereocenters. The molecule has 0 saturated carbocycles. The molecular weight excluding hydrogens is 219 g/mol. The van der Waals surface area contributed by atoms with Gasteiger partial charge in [-0.25, -0.2) is 9.18 Å². The topological polar surface area (TPSA) is 26.3 Å². The van der Waals surface area contributed by atoms with Gasteiger partial charge in [-0.15, -0.1) is 0 Å². The molecule has 2 nitrogen and oxygen atoms in total. The van der Waals surface area contributed by atoms with Crippen LogP contribution in [0.25, 0.3) is 0 Å². The summed E-state index contributed by atoms with van der Waals surface area (Å²) in [5.41, 5.74) is 1.54. The van der Waals surface area contributed by atoms with Gasteiger partial charge in [0, 0.05) is 5.57 Å². The highest BCUT2D eigenvalue weighted by Crippen LogP contribution is 2.18. The standard InChI is InChI=1S/C14H17FO2/c1-4-17-14(16)11(3)9-10(2)12-5-7-13(15)8-6-12/h5-10H,4H2,1-3H3. The van der Waals surface area contributed by atoms with Gasteiger partial charge in [-0.1, -0.05) is 25.1 Å². The lowest BCUT2D eigenvalue weighted by Gasteiger charge is -2.08. The highest BCUT2D eigenvalue weighted by molar-refractivity contribution is 5.87. The summed E-state index contributed by atoms with van der Waals surface area (Å²) in [6.07, 6.45) is 1.82. The molecule has 0 amide bonds. The third kappa shape index (κ3) is 4.02. The van der Waals surface area contributed by atoms with Crippen molar-refractivity contribution in [3.05, 3.63) is 47.3 Å². The molecule has 1 rings (SSSR count). The van der Waals surface area contributed by atoms with E-state index in [1.165, 1.54) is 12.1 Å². The average molecular weight is 236 g/mol. The monoisotopic (exact) mass is 236 g/mol. The molecule has 3 heteroatoms. The second-order valence-corrected chi connectivity index (χ2v) is 3.91. The SMILES string of the molecule is CCOC(=O)C(C)=CC(C)c1ccc(F)cc1. The Bertz CT molecular complexity index is 407. The number of benzene rings is 1. The van der Waals surface area contributed by atoms with Gasteiger partial charge >= 0.3 is 5.97 Å². The van der Waals surface area contributed by atoms with Crippen LogP contribution in [0, 0.1) is 5.82 Å². The van der Waals surface area contributed by atoms with Crippen molar-refractivity contribution in [3.63, 3.8) is 0 Å². The van der Waals surface area contributed by atoms with E-state index in [0.717, 1.165) is 5.56 Å². The maximum Gasteiger partial charge on any atom is 0.333 e. The van der Waals surface area contributed by atoms with Crippen LogP contribution in [0.15, 0.2) is 35.9 Å². The smallest absolute Gasteiger partial charge is 0.333 e. The van der Waals surface area contributed by atoms with Crippen molar-refractivity contribution in [3.8, 4) is 0 Å². The van der Waals surface area contributed by atoms with Crippen molar-refractivity contribution in [2.45, 2.75) is 26.7 Å². The van der Waals surface area contributed by atoms with E-state index in [-0.39, 0.29) is 17.7 Å². The molecule has 0 aliphatic heterocycles. The summed E-state index contributed by atoms with van der Waals surface area (Å²) in [5, 5.41) is 0. The van der Waals surface area contributed by atoms with Gasteiger partial charge in [0.25, 0.3) is 0 Å². The summed E-state index contributed by atoms with van der Waals surface area (Å²) in [5.74, 6) is -0.506. The first-order valence-electron chi connectivity index (χ1n) is 5.65. The van der Waals surface area contributed by atoms with Crippen LogP contribution in [0.1, 0.15) is 32.3 Å². The Labute approximate surface area is 101 Å². The van der Waals surface area contributed by atoms with Crippen molar-refractivity contribution in [1.82, 2.24) is 0 Å². The normalized spacial score (nSPS) is 13.3. The number of hydrogen-bond donors (Lipinski definition) is 0. The van der Waals surface area contributed by atoms with Gasteiger partial charge in [-0.3, -0.25) is 0 Å². The van der Waals surface area contributed by atoms with Gasteiger partial charge in [0.2, 0.25) is 0 Å². The van der Waals surface area contributed by atoms with Gasteiger partial charge in [0.15, 0.2) is 0 Å². The fourth-order valence-corrected chi connectivity index (χ4v) is 1.55. The predicted octanol–water partition coefficient (Wildman–Crippen LogP) is 3.44. The summed E-state index contributed by atoms with van der Waals surface area (Å²) in [6.45, 7) is 5.82. The van der Waals surface area contributed by atoms with Crippen LogP contribution in [-0.4, -0.2) is 12.6 Å². The Hall–Kier alpha value is -1.64. The first-order valence-corrected chi connectivity index (χ1v) is 5.65. The Morgan fingerprint density at radius 1 is 1.41 bits per heavy atom. The third-order valence-electron chi connectivity index (χ3n) is 2.49. The fraction of sp³-hybridized carbons (Fsp3) is 0.357. The van der Waals surface area contributed by atoms with Crippen LogP contribution in [0.5, 0.6) is 0 Å². The van der Waals surface area contributed by atoms with E-state index >= 15 is 0 Å². The van der Waals surface area contributed by atoms with Crippen molar-refractivity contribution < 1.29 is 13.9 Å². The minimum atomic E-state index is -0.304. The molecule has 0 bridgehead atoms. The van der Waals surface area contributed by atoms with Gasteiger partial charge in [-0.2, -0.15) is 0 Å². The quantitative estimate of drug-likeness (QED) is 0.591. The van der Waals surface area contributed by atoms with E-state index in [1.807, 2.05) is 13.0 Å². The minimum absolute atomic E-state index is 0.0556. The highest BCUT2D eigenvalue weighted by Gasteiger charge is 2.08. The Kier molecular flexibility index (Phi) is 4.88. The van der Waals surface area contributed by atoms with Crippen molar-refractivity contribution >= 4 is 5.97 Å². The molecule has 0 aliphatic rings. The van der Waals surface area contributed by atoms with Crippen molar-refractivity contribution in [1.29, 1.82) is 0 Å². The lowest BCUT2D eigenvalue weighted by molar-refractivity contribution is -0.138. The molecule has 1 atom stereocenters. The van der Waals surface area contributed by atoms with Crippen molar-refractivity contribution in [2.75, 3.05) is 6.61 Å². The van der Waals surface area contributed by atoms with E-state index in [0.29, 0.717) is 12.2 Å². The van der Waals surface area contributed by atoms with Gasteiger partial charge in [0.05, 0.1) is 6.61 Å². The number of allylic oxidation sites excluding steroid dienone is 1. The zero-order valence-electron chi connectivity index (χ0n) is 10.4. The molecule has 0 radical (unpaired) electrons. The molecule has 17 heavy (non-hydrogen) atoms. The average Bonchev–Trinajstić information content (AvgIpc) is 2.30. The van der Waals surface area contributed by atoms with E-state index < -0.39 is 0 Å². The van der Waals surface area contributed by atoms with E-state index in [1.54, 1.807) is 26.0 Å². The number of carbonyl (C=O) groups excluding carboxylic acids is 1. The number of rotatable bonds is 4. The Morgan fingerprint density at radius 2 is 2.00 bits per heavy atom. The summed E-state index contributed by atoms with van der Waals surface area (Å²) in [6, 6.07) is 6.27. The van der Waals surface area contributed by atoms with E-state index in [4.69, 9.17) is 4.74 Å². The van der Waals surface area contributed by atoms with Gasteiger partial charge in [-0.05, 0) is 37.5 Å². The maximum absolute atomic E-state index is 12.8. The molecule has 0 heterocycles. The summed E-state index contributed by atoms with van der Waals surface area (Å²) in [4.78, 5) is 11.4. The van der Waals surface area contributed by atoms with E-state index in [9.17, 15) is 9.18 Å². The molecular formula is C14H17FO2. The van der Waals surface area contributed by atoms with Gasteiger partial charge in [0.1, 0.15) is 5.82 Å². The second-order valence-electron chi connectivity index (χ2n) is 3.91. The van der Waals surface area contributed by atoms with E-state index in [2.05, 4.69) is 0 Å². The number of carbonyl (C=O) groups is 1. The van der Waals surface area contributed by atoms with Crippen LogP contribution in [-0.2, 0) is 9.53 Å². The number of hydrogen-bond acceptors (Lipinski definition) is 2. The highest BCUT2D eigenvalue weighted by atomic mass is 19.1. The van der Waals surface area contributed by atoms with Crippen LogP contribution in [0.3, 0.4) is 0 Å². The zero-order valence-corrected chi connectivity index (χ0v) is 10.4.